The largest absolute Gasteiger partial charge is 0.352 e. The van der Waals surface area contributed by atoms with E-state index < -0.39 is 0 Å². The molecule has 2 aromatic carbocycles. The van der Waals surface area contributed by atoms with Crippen LogP contribution in [-0.2, 0) is 4.79 Å². The lowest BCUT2D eigenvalue weighted by molar-refractivity contribution is -0.127. The monoisotopic (exact) mass is 497 g/mol. The average Bonchev–Trinajstić information content (AvgIpc) is 3.60. The van der Waals surface area contributed by atoms with Crippen LogP contribution in [0.25, 0.3) is 32.9 Å². The molecule has 186 valence electrons. The van der Waals surface area contributed by atoms with Gasteiger partial charge in [-0.3, -0.25) is 4.79 Å². The third-order valence-corrected chi connectivity index (χ3v) is 9.04. The smallest absolute Gasteiger partial charge is 0.243 e. The highest BCUT2D eigenvalue weighted by Gasteiger charge is 2.35. The van der Waals surface area contributed by atoms with E-state index in [4.69, 9.17) is 4.98 Å². The van der Waals surface area contributed by atoms with Gasteiger partial charge in [0.1, 0.15) is 11.9 Å². The van der Waals surface area contributed by atoms with E-state index >= 15 is 0 Å². The zero-order valence-electron chi connectivity index (χ0n) is 20.9. The number of nitrogens with one attached hydrogen (secondary N) is 1. The van der Waals surface area contributed by atoms with E-state index in [1.54, 1.807) is 11.3 Å². The minimum Gasteiger partial charge on any atom is -0.352 e. The number of benzene rings is 2. The number of rotatable bonds is 6. The van der Waals surface area contributed by atoms with Crippen LogP contribution in [0.2, 0.25) is 0 Å². The maximum Gasteiger partial charge on any atom is 0.243 e. The Balaban J connectivity index is 1.47. The van der Waals surface area contributed by atoms with Crippen molar-refractivity contribution in [2.75, 3.05) is 0 Å². The maximum absolute atomic E-state index is 14.1. The zero-order chi connectivity index (χ0) is 24.3. The van der Waals surface area contributed by atoms with Crippen molar-refractivity contribution in [1.82, 2.24) is 14.9 Å². The molecule has 2 aliphatic carbocycles. The van der Waals surface area contributed by atoms with E-state index in [9.17, 15) is 4.79 Å². The predicted octanol–water partition coefficient (Wildman–Crippen LogP) is 8.00. The van der Waals surface area contributed by atoms with E-state index in [0.29, 0.717) is 12.0 Å². The van der Waals surface area contributed by atoms with Gasteiger partial charge < -0.3 is 9.88 Å². The molecule has 5 heteroatoms. The van der Waals surface area contributed by atoms with Crippen LogP contribution >= 0.6 is 11.3 Å². The topological polar surface area (TPSA) is 46.9 Å². The fraction of sp³-hybridized carbons (Fsp3) is 0.419. The van der Waals surface area contributed by atoms with Crippen molar-refractivity contribution >= 4 is 28.3 Å². The Morgan fingerprint density at radius 2 is 1.61 bits per heavy atom. The van der Waals surface area contributed by atoms with Crippen LogP contribution in [0.1, 0.15) is 70.3 Å². The summed E-state index contributed by atoms with van der Waals surface area (Å²) in [5.41, 5.74) is 4.29. The Labute approximate surface area is 217 Å². The number of nitrogens with zero attached hydrogens (tertiary/aromatic N) is 2. The molecule has 4 nitrogen and oxygen atoms in total. The zero-order valence-corrected chi connectivity index (χ0v) is 21.7. The van der Waals surface area contributed by atoms with E-state index in [1.807, 2.05) is 6.07 Å². The molecule has 2 fully saturated rings. The second-order valence-electron chi connectivity index (χ2n) is 10.5. The second kappa shape index (κ2) is 10.6. The van der Waals surface area contributed by atoms with Crippen LogP contribution in [-0.4, -0.2) is 21.5 Å². The number of fused-ring (bicyclic) bond motifs is 1. The molecule has 0 bridgehead atoms. The summed E-state index contributed by atoms with van der Waals surface area (Å²) in [6.45, 7) is 0. The minimum atomic E-state index is -0.236. The average molecular weight is 498 g/mol. The number of carbonyl (C=O) groups excluding carboxylic acids is 1. The summed E-state index contributed by atoms with van der Waals surface area (Å²) in [4.78, 5) is 20.5. The molecule has 0 radical (unpaired) electrons. The number of thiophene rings is 1. The van der Waals surface area contributed by atoms with Crippen molar-refractivity contribution in [2.24, 2.45) is 5.92 Å². The van der Waals surface area contributed by atoms with Gasteiger partial charge in [0, 0.05) is 16.5 Å². The number of para-hydroxylation sites is 2. The Bertz CT molecular complexity index is 1310. The number of hydrogen-bond donors (Lipinski definition) is 1. The van der Waals surface area contributed by atoms with Gasteiger partial charge in [-0.1, -0.05) is 74.9 Å². The Morgan fingerprint density at radius 3 is 2.39 bits per heavy atom. The van der Waals surface area contributed by atoms with Crippen LogP contribution in [0.5, 0.6) is 0 Å². The molecule has 4 aromatic rings. The molecule has 2 saturated carbocycles. The highest BCUT2D eigenvalue weighted by Crippen LogP contribution is 2.39. The first-order valence-electron chi connectivity index (χ1n) is 13.7. The van der Waals surface area contributed by atoms with Crippen molar-refractivity contribution in [1.29, 1.82) is 0 Å². The summed E-state index contributed by atoms with van der Waals surface area (Å²) >= 11 is 1.75. The first kappa shape index (κ1) is 23.5. The molecule has 1 amide bonds. The van der Waals surface area contributed by atoms with E-state index in [1.165, 1.54) is 49.0 Å². The lowest BCUT2D eigenvalue weighted by atomic mass is 9.82. The lowest BCUT2D eigenvalue weighted by Crippen LogP contribution is -2.43. The number of amides is 1. The Kier molecular flexibility index (Phi) is 6.91. The quantitative estimate of drug-likeness (QED) is 0.293. The van der Waals surface area contributed by atoms with Crippen LogP contribution in [0.4, 0.5) is 0 Å². The van der Waals surface area contributed by atoms with Crippen molar-refractivity contribution < 1.29 is 4.79 Å². The van der Waals surface area contributed by atoms with Crippen LogP contribution in [0.15, 0.2) is 66.0 Å². The third kappa shape index (κ3) is 4.73. The van der Waals surface area contributed by atoms with Crippen LogP contribution in [0.3, 0.4) is 0 Å². The van der Waals surface area contributed by atoms with E-state index in [-0.39, 0.29) is 11.9 Å². The minimum absolute atomic E-state index is 0.188. The molecule has 1 unspecified atom stereocenters. The molecule has 6 rings (SSSR count). The summed E-state index contributed by atoms with van der Waals surface area (Å²) < 4.78 is 2.29. The molecule has 1 N–H and O–H groups in total. The lowest BCUT2D eigenvalue weighted by Gasteiger charge is -2.33. The van der Waals surface area contributed by atoms with Crippen molar-refractivity contribution in [3.05, 3.63) is 66.0 Å². The first-order valence-corrected chi connectivity index (χ1v) is 14.6. The van der Waals surface area contributed by atoms with Gasteiger partial charge in [0.15, 0.2) is 0 Å². The normalized spacial score (nSPS) is 18.3. The number of aromatic nitrogens is 2. The summed E-state index contributed by atoms with van der Waals surface area (Å²) in [6.07, 6.45) is 11.8. The molecule has 2 aromatic heterocycles. The van der Waals surface area contributed by atoms with E-state index in [2.05, 4.69) is 69.9 Å². The fourth-order valence-electron chi connectivity index (χ4n) is 6.31. The highest BCUT2D eigenvalue weighted by molar-refractivity contribution is 7.13. The van der Waals surface area contributed by atoms with Gasteiger partial charge in [0.05, 0.1) is 11.0 Å². The summed E-state index contributed by atoms with van der Waals surface area (Å²) in [5.74, 6) is 1.43. The fourth-order valence-corrected chi connectivity index (χ4v) is 7.03. The van der Waals surface area contributed by atoms with Crippen molar-refractivity contribution in [2.45, 2.75) is 76.3 Å². The second-order valence-corrected chi connectivity index (χ2v) is 11.5. The summed E-state index contributed by atoms with van der Waals surface area (Å²) in [5, 5.41) is 5.61. The predicted molar refractivity (Wildman–Crippen MR) is 149 cm³/mol. The van der Waals surface area contributed by atoms with Gasteiger partial charge in [-0.05, 0) is 66.8 Å². The molecule has 0 spiro atoms. The maximum atomic E-state index is 14.1. The van der Waals surface area contributed by atoms with Gasteiger partial charge in [0.2, 0.25) is 5.91 Å². The molecular weight excluding hydrogens is 462 g/mol. The van der Waals surface area contributed by atoms with Gasteiger partial charge in [0.25, 0.3) is 0 Å². The van der Waals surface area contributed by atoms with Crippen LogP contribution in [0, 0.1) is 5.92 Å². The molecule has 0 saturated heterocycles. The molecule has 0 aliphatic heterocycles. The van der Waals surface area contributed by atoms with Gasteiger partial charge >= 0.3 is 0 Å². The number of hydrogen-bond acceptors (Lipinski definition) is 3. The first-order chi connectivity index (χ1) is 17.8. The van der Waals surface area contributed by atoms with E-state index in [0.717, 1.165) is 48.1 Å². The van der Waals surface area contributed by atoms with Gasteiger partial charge in [-0.25, -0.2) is 4.98 Å². The van der Waals surface area contributed by atoms with Crippen LogP contribution < -0.4 is 5.32 Å². The van der Waals surface area contributed by atoms with Crippen molar-refractivity contribution in [3.63, 3.8) is 0 Å². The van der Waals surface area contributed by atoms with Gasteiger partial charge in [-0.2, -0.15) is 0 Å². The summed E-state index contributed by atoms with van der Waals surface area (Å²) in [7, 11) is 0. The summed E-state index contributed by atoms with van der Waals surface area (Å²) in [6, 6.07) is 21.3. The van der Waals surface area contributed by atoms with Gasteiger partial charge in [-0.15, -0.1) is 11.3 Å². The third-order valence-electron chi connectivity index (χ3n) is 8.12. The number of carbonyl (C=O) groups is 1. The molecule has 2 heterocycles. The highest BCUT2D eigenvalue weighted by atomic mass is 32.1. The molecule has 2 aliphatic rings. The SMILES string of the molecule is O=C(NC1CCCCC1)C(C1CCCCC1)n1c(-c2cccc(-c3cccs3)c2)nc2ccccc21. The standard InChI is InChI=1S/C31H35N3OS/c35-31(32-25-15-5-2-6-16-25)29(22-11-3-1-4-12-22)34-27-18-8-7-17-26(27)33-30(34)24-14-9-13-23(21-24)28-19-10-20-36-28/h7-10,13-14,17-22,25,29H,1-6,11-12,15-16H2,(H,32,35). The molecular formula is C31H35N3OS. The molecule has 36 heavy (non-hydrogen) atoms. The van der Waals surface area contributed by atoms with Crippen molar-refractivity contribution in [3.8, 4) is 21.8 Å². The number of imidazole rings is 1. The molecule has 1 atom stereocenters. The Hall–Kier alpha value is -2.92. The Morgan fingerprint density at radius 1 is 0.861 bits per heavy atom.